The zero-order valence-electron chi connectivity index (χ0n) is 9.73. The Bertz CT molecular complexity index is 481. The van der Waals surface area contributed by atoms with E-state index in [0.29, 0.717) is 0 Å². The molecule has 0 N–H and O–H groups in total. The predicted molar refractivity (Wildman–Crippen MR) is 73.8 cm³/mol. The third-order valence-corrected chi connectivity index (χ3v) is 3.88. The van der Waals surface area contributed by atoms with Crippen molar-refractivity contribution in [3.05, 3.63) is 17.3 Å². The van der Waals surface area contributed by atoms with E-state index in [0.717, 1.165) is 29.5 Å². The van der Waals surface area contributed by atoms with Gasteiger partial charge in [-0.1, -0.05) is 0 Å². The smallest absolute Gasteiger partial charge is 0.150 e. The third-order valence-electron chi connectivity index (χ3n) is 2.39. The van der Waals surface area contributed by atoms with Crippen LogP contribution in [-0.2, 0) is 0 Å². The Morgan fingerprint density at radius 2 is 2.25 bits per heavy atom. The van der Waals surface area contributed by atoms with Gasteiger partial charge < -0.3 is 4.90 Å². The van der Waals surface area contributed by atoms with Gasteiger partial charge in [-0.2, -0.15) is 11.8 Å². The Morgan fingerprint density at radius 1 is 1.44 bits per heavy atom. The summed E-state index contributed by atoms with van der Waals surface area (Å²) in [6.45, 7) is 2.97. The van der Waals surface area contributed by atoms with Crippen LogP contribution in [0.4, 0.5) is 5.82 Å². The highest BCUT2D eigenvalue weighted by atomic mass is 32.2. The normalized spacial score (nSPS) is 10.9. The zero-order chi connectivity index (χ0) is 11.5. The van der Waals surface area contributed by atoms with Gasteiger partial charge in [-0.15, -0.1) is 11.3 Å². The van der Waals surface area contributed by atoms with Crippen molar-refractivity contribution in [2.75, 3.05) is 30.5 Å². The number of fused-ring (bicyclic) bond motifs is 1. The molecule has 0 amide bonds. The van der Waals surface area contributed by atoms with Crippen molar-refractivity contribution in [2.45, 2.75) is 6.92 Å². The van der Waals surface area contributed by atoms with Crippen LogP contribution in [-0.4, -0.2) is 35.6 Å². The monoisotopic (exact) mass is 253 g/mol. The maximum absolute atomic E-state index is 4.54. The molecule has 0 aliphatic carbocycles. The SMILES string of the molecule is CSCCN(C)c1nc(C)nc2ccsc12. The third kappa shape index (κ3) is 2.30. The van der Waals surface area contributed by atoms with E-state index in [2.05, 4.69) is 39.6 Å². The fraction of sp³-hybridized carbons (Fsp3) is 0.455. The molecule has 16 heavy (non-hydrogen) atoms. The lowest BCUT2D eigenvalue weighted by atomic mass is 10.4. The summed E-state index contributed by atoms with van der Waals surface area (Å²) in [6, 6.07) is 2.06. The summed E-state index contributed by atoms with van der Waals surface area (Å²) in [5.41, 5.74) is 1.06. The van der Waals surface area contributed by atoms with Gasteiger partial charge in [0.1, 0.15) is 11.6 Å². The summed E-state index contributed by atoms with van der Waals surface area (Å²) in [5.74, 6) is 3.02. The number of rotatable bonds is 4. The molecule has 0 bridgehead atoms. The van der Waals surface area contributed by atoms with Crippen molar-refractivity contribution in [2.24, 2.45) is 0 Å². The van der Waals surface area contributed by atoms with Crippen molar-refractivity contribution in [3.63, 3.8) is 0 Å². The minimum atomic E-state index is 0.844. The number of nitrogens with zero attached hydrogens (tertiary/aromatic N) is 3. The van der Waals surface area contributed by atoms with Gasteiger partial charge in [-0.05, 0) is 24.6 Å². The number of anilines is 1. The van der Waals surface area contributed by atoms with Crippen LogP contribution >= 0.6 is 23.1 Å². The molecule has 0 radical (unpaired) electrons. The van der Waals surface area contributed by atoms with Gasteiger partial charge >= 0.3 is 0 Å². The van der Waals surface area contributed by atoms with Gasteiger partial charge in [0.25, 0.3) is 0 Å². The molecular formula is C11H15N3S2. The van der Waals surface area contributed by atoms with Gasteiger partial charge in [0, 0.05) is 19.3 Å². The summed E-state index contributed by atoms with van der Waals surface area (Å²) < 4.78 is 1.19. The molecule has 0 unspecified atom stereocenters. The molecule has 0 aliphatic heterocycles. The molecule has 5 heteroatoms. The minimum Gasteiger partial charge on any atom is -0.358 e. The van der Waals surface area contributed by atoms with E-state index >= 15 is 0 Å². The van der Waals surface area contributed by atoms with Crippen LogP contribution in [0.3, 0.4) is 0 Å². The summed E-state index contributed by atoms with van der Waals surface area (Å²) in [7, 11) is 2.09. The number of hydrogen-bond donors (Lipinski definition) is 0. The maximum atomic E-state index is 4.54. The molecule has 0 spiro atoms. The first-order valence-electron chi connectivity index (χ1n) is 5.14. The molecule has 2 aromatic heterocycles. The summed E-state index contributed by atoms with van der Waals surface area (Å²) in [6.07, 6.45) is 2.12. The van der Waals surface area contributed by atoms with E-state index in [1.54, 1.807) is 11.3 Å². The quantitative estimate of drug-likeness (QED) is 0.838. The Hall–Kier alpha value is -0.810. The molecular weight excluding hydrogens is 238 g/mol. The van der Waals surface area contributed by atoms with E-state index in [-0.39, 0.29) is 0 Å². The Labute approximate surface area is 104 Å². The highest BCUT2D eigenvalue weighted by Gasteiger charge is 2.10. The highest BCUT2D eigenvalue weighted by Crippen LogP contribution is 2.28. The Morgan fingerprint density at radius 3 is 3.00 bits per heavy atom. The second-order valence-electron chi connectivity index (χ2n) is 3.64. The van der Waals surface area contributed by atoms with Crippen molar-refractivity contribution in [3.8, 4) is 0 Å². The van der Waals surface area contributed by atoms with E-state index in [9.17, 15) is 0 Å². The van der Waals surface area contributed by atoms with Crippen LogP contribution in [0, 0.1) is 6.92 Å². The average molecular weight is 253 g/mol. The molecule has 2 rings (SSSR count). The van der Waals surface area contributed by atoms with Crippen LogP contribution in [0.1, 0.15) is 5.82 Å². The molecule has 0 aromatic carbocycles. The number of aryl methyl sites for hydroxylation is 1. The topological polar surface area (TPSA) is 29.0 Å². The van der Waals surface area contributed by atoms with Gasteiger partial charge in [0.05, 0.1) is 10.2 Å². The van der Waals surface area contributed by atoms with Gasteiger partial charge in [-0.3, -0.25) is 0 Å². The fourth-order valence-electron chi connectivity index (χ4n) is 1.55. The largest absolute Gasteiger partial charge is 0.358 e. The lowest BCUT2D eigenvalue weighted by Crippen LogP contribution is -2.21. The Balaban J connectivity index is 2.38. The van der Waals surface area contributed by atoms with E-state index in [4.69, 9.17) is 0 Å². The molecule has 0 fully saturated rings. The highest BCUT2D eigenvalue weighted by molar-refractivity contribution is 7.98. The van der Waals surface area contributed by atoms with Gasteiger partial charge in [0.15, 0.2) is 0 Å². The van der Waals surface area contributed by atoms with Gasteiger partial charge in [-0.25, -0.2) is 9.97 Å². The second kappa shape index (κ2) is 5.01. The minimum absolute atomic E-state index is 0.844. The molecule has 0 atom stereocenters. The van der Waals surface area contributed by atoms with Crippen molar-refractivity contribution in [1.82, 2.24) is 9.97 Å². The lowest BCUT2D eigenvalue weighted by Gasteiger charge is -2.18. The van der Waals surface area contributed by atoms with Crippen LogP contribution in [0.5, 0.6) is 0 Å². The molecule has 2 heterocycles. The number of thiophene rings is 1. The number of hydrogen-bond acceptors (Lipinski definition) is 5. The first kappa shape index (κ1) is 11.7. The average Bonchev–Trinajstić information content (AvgIpc) is 2.72. The molecule has 3 nitrogen and oxygen atoms in total. The standard InChI is InChI=1S/C11H15N3S2/c1-8-12-9-4-6-16-10(9)11(13-8)14(2)5-7-15-3/h4,6H,5,7H2,1-3H3. The fourth-order valence-corrected chi connectivity index (χ4v) is 2.88. The van der Waals surface area contributed by atoms with Crippen molar-refractivity contribution >= 4 is 39.1 Å². The Kier molecular flexibility index (Phi) is 3.66. The first-order valence-corrected chi connectivity index (χ1v) is 7.41. The van der Waals surface area contributed by atoms with Crippen LogP contribution in [0.25, 0.3) is 10.2 Å². The van der Waals surface area contributed by atoms with Crippen molar-refractivity contribution < 1.29 is 0 Å². The number of thioether (sulfide) groups is 1. The molecule has 2 aromatic rings. The number of aromatic nitrogens is 2. The van der Waals surface area contributed by atoms with Crippen LogP contribution < -0.4 is 4.90 Å². The molecule has 0 saturated heterocycles. The van der Waals surface area contributed by atoms with E-state index in [1.807, 2.05) is 18.7 Å². The predicted octanol–water partition coefficient (Wildman–Crippen LogP) is 2.80. The van der Waals surface area contributed by atoms with E-state index in [1.165, 1.54) is 4.70 Å². The van der Waals surface area contributed by atoms with Crippen LogP contribution in [0.15, 0.2) is 11.4 Å². The lowest BCUT2D eigenvalue weighted by molar-refractivity contribution is 0.935. The first-order chi connectivity index (χ1) is 7.72. The van der Waals surface area contributed by atoms with Gasteiger partial charge in [0.2, 0.25) is 0 Å². The second-order valence-corrected chi connectivity index (χ2v) is 5.55. The van der Waals surface area contributed by atoms with Crippen LogP contribution in [0.2, 0.25) is 0 Å². The zero-order valence-corrected chi connectivity index (χ0v) is 11.4. The molecule has 0 aliphatic rings. The summed E-state index contributed by atoms with van der Waals surface area (Å²) in [5, 5.41) is 2.07. The summed E-state index contributed by atoms with van der Waals surface area (Å²) in [4.78, 5) is 11.2. The summed E-state index contributed by atoms with van der Waals surface area (Å²) >= 11 is 3.57. The molecule has 86 valence electrons. The maximum Gasteiger partial charge on any atom is 0.150 e. The van der Waals surface area contributed by atoms with Crippen molar-refractivity contribution in [1.29, 1.82) is 0 Å². The molecule has 0 saturated carbocycles. The van der Waals surface area contributed by atoms with E-state index < -0.39 is 0 Å².